The topological polar surface area (TPSA) is 17.1 Å². The maximum Gasteiger partial charge on any atom is 0.194 e. The van der Waals surface area contributed by atoms with Crippen LogP contribution in [0.25, 0.3) is 0 Å². The lowest BCUT2D eigenvalue weighted by Gasteiger charge is -2.25. The molecule has 1 heterocycles. The molecule has 0 saturated heterocycles. The fourth-order valence-corrected chi connectivity index (χ4v) is 4.19. The number of benzene rings is 2. The predicted molar refractivity (Wildman–Crippen MR) is 87.7 cm³/mol. The fraction of sp³-hybridized carbons (Fsp3) is 0.188. The van der Waals surface area contributed by atoms with Gasteiger partial charge in [-0.05, 0) is 52.8 Å². The summed E-state index contributed by atoms with van der Waals surface area (Å²) in [4.78, 5) is 13.1. The van der Waals surface area contributed by atoms with Gasteiger partial charge < -0.3 is 0 Å². The normalized spacial score (nSPS) is 18.2. The maximum absolute atomic E-state index is 12.0. The van der Waals surface area contributed by atoms with E-state index in [4.69, 9.17) is 0 Å². The number of hydrogen-bond donors (Lipinski definition) is 0. The zero-order chi connectivity index (χ0) is 13.4. The van der Waals surface area contributed by atoms with Crippen LogP contribution in [-0.4, -0.2) is 5.12 Å². The van der Waals surface area contributed by atoms with E-state index in [0.29, 0.717) is 6.42 Å². The van der Waals surface area contributed by atoms with Crippen LogP contribution < -0.4 is 0 Å². The summed E-state index contributed by atoms with van der Waals surface area (Å²) in [6, 6.07) is 14.7. The third-order valence-corrected chi connectivity index (χ3v) is 5.38. The molecule has 2 aromatic carbocycles. The second-order valence-electron chi connectivity index (χ2n) is 4.79. The van der Waals surface area contributed by atoms with E-state index in [-0.39, 0.29) is 11.0 Å². The number of thioether (sulfide) groups is 1. The third kappa shape index (κ3) is 2.58. The predicted octanol–water partition coefficient (Wildman–Crippen LogP) is 4.75. The third-order valence-electron chi connectivity index (χ3n) is 3.42. The van der Waals surface area contributed by atoms with Crippen molar-refractivity contribution in [1.82, 2.24) is 0 Å². The smallest absolute Gasteiger partial charge is 0.194 e. The summed E-state index contributed by atoms with van der Waals surface area (Å²) in [6.45, 7) is 2.10. The Morgan fingerprint density at radius 1 is 1.16 bits per heavy atom. The SMILES string of the molecule is Cc1ccc(I)c([C@H]2CC(=O)Sc3ccccc32)c1. The van der Waals surface area contributed by atoms with Crippen LogP contribution in [0.3, 0.4) is 0 Å². The van der Waals surface area contributed by atoms with Gasteiger partial charge in [0.2, 0.25) is 0 Å². The van der Waals surface area contributed by atoms with E-state index in [9.17, 15) is 4.79 Å². The van der Waals surface area contributed by atoms with Crippen LogP contribution in [0.5, 0.6) is 0 Å². The van der Waals surface area contributed by atoms with Gasteiger partial charge in [0, 0.05) is 20.8 Å². The van der Waals surface area contributed by atoms with Crippen molar-refractivity contribution in [2.75, 3.05) is 0 Å². The van der Waals surface area contributed by atoms with Crippen LogP contribution in [0.4, 0.5) is 0 Å². The minimum absolute atomic E-state index is 0.205. The second kappa shape index (κ2) is 5.29. The number of carbonyl (C=O) groups excluding carboxylic acids is 1. The van der Waals surface area contributed by atoms with Crippen molar-refractivity contribution in [3.05, 3.63) is 62.7 Å². The lowest BCUT2D eigenvalue weighted by Crippen LogP contribution is -2.13. The molecule has 0 bridgehead atoms. The molecule has 0 unspecified atom stereocenters. The first-order valence-electron chi connectivity index (χ1n) is 6.21. The van der Waals surface area contributed by atoms with Crippen molar-refractivity contribution in [2.45, 2.75) is 24.2 Å². The van der Waals surface area contributed by atoms with Crippen LogP contribution >= 0.6 is 34.4 Å². The lowest BCUT2D eigenvalue weighted by atomic mass is 9.88. The maximum atomic E-state index is 12.0. The number of aryl methyl sites for hydroxylation is 1. The van der Waals surface area contributed by atoms with Crippen LogP contribution in [0.15, 0.2) is 47.4 Å². The van der Waals surface area contributed by atoms with Crippen LogP contribution in [0.2, 0.25) is 0 Å². The van der Waals surface area contributed by atoms with Gasteiger partial charge in [-0.1, -0.05) is 47.7 Å². The first-order chi connectivity index (χ1) is 9.15. The number of fused-ring (bicyclic) bond motifs is 1. The summed E-state index contributed by atoms with van der Waals surface area (Å²) in [6.07, 6.45) is 0.598. The molecule has 1 aliphatic heterocycles. The van der Waals surface area contributed by atoms with E-state index in [1.54, 1.807) is 0 Å². The lowest BCUT2D eigenvalue weighted by molar-refractivity contribution is -0.111. The Morgan fingerprint density at radius 2 is 1.95 bits per heavy atom. The number of halogens is 1. The Bertz CT molecular complexity index is 651. The van der Waals surface area contributed by atoms with Gasteiger partial charge in [0.15, 0.2) is 5.12 Å². The highest BCUT2D eigenvalue weighted by Crippen LogP contribution is 2.43. The minimum atomic E-state index is 0.205. The summed E-state index contributed by atoms with van der Waals surface area (Å²) in [5.41, 5.74) is 3.82. The monoisotopic (exact) mass is 380 g/mol. The van der Waals surface area contributed by atoms with Gasteiger partial charge >= 0.3 is 0 Å². The molecule has 3 rings (SSSR count). The molecule has 0 spiro atoms. The van der Waals surface area contributed by atoms with Crippen molar-refractivity contribution < 1.29 is 4.79 Å². The Balaban J connectivity index is 2.15. The highest BCUT2D eigenvalue weighted by molar-refractivity contribution is 14.1. The Morgan fingerprint density at radius 3 is 2.79 bits per heavy atom. The van der Waals surface area contributed by atoms with E-state index in [2.05, 4.69) is 59.8 Å². The van der Waals surface area contributed by atoms with Gasteiger partial charge in [0.05, 0.1) is 0 Å². The van der Waals surface area contributed by atoms with Gasteiger partial charge in [-0.15, -0.1) is 0 Å². The molecule has 0 aromatic heterocycles. The van der Waals surface area contributed by atoms with E-state index in [1.807, 2.05) is 12.1 Å². The molecule has 0 amide bonds. The molecular weight excluding hydrogens is 367 g/mol. The molecule has 0 N–H and O–H groups in total. The average molecular weight is 380 g/mol. The zero-order valence-electron chi connectivity index (χ0n) is 10.5. The molecule has 1 aliphatic rings. The summed E-state index contributed by atoms with van der Waals surface area (Å²) < 4.78 is 1.24. The van der Waals surface area contributed by atoms with Gasteiger partial charge in [-0.25, -0.2) is 0 Å². The summed E-state index contributed by atoms with van der Waals surface area (Å²) in [5, 5.41) is 0.265. The molecular formula is C16H13IOS. The second-order valence-corrected chi connectivity index (χ2v) is 7.06. The highest BCUT2D eigenvalue weighted by atomic mass is 127. The fourth-order valence-electron chi connectivity index (χ4n) is 2.51. The Hall–Kier alpha value is -0.810. The number of carbonyl (C=O) groups is 1. The quantitative estimate of drug-likeness (QED) is 0.664. The van der Waals surface area contributed by atoms with Crippen LogP contribution in [0, 0.1) is 10.5 Å². The van der Waals surface area contributed by atoms with E-state index in [0.717, 1.165) is 4.90 Å². The molecule has 19 heavy (non-hydrogen) atoms. The van der Waals surface area contributed by atoms with Gasteiger partial charge in [-0.3, -0.25) is 4.79 Å². The molecule has 0 aliphatic carbocycles. The standard InChI is InChI=1S/C16H13IOS/c1-10-6-7-14(17)13(8-10)12-9-16(18)19-15-5-3-2-4-11(12)15/h2-8,12H,9H2,1H3/t12-/m0/s1. The molecule has 0 saturated carbocycles. The van der Waals surface area contributed by atoms with E-state index in [1.165, 1.54) is 32.0 Å². The van der Waals surface area contributed by atoms with E-state index >= 15 is 0 Å². The van der Waals surface area contributed by atoms with Gasteiger partial charge in [0.1, 0.15) is 0 Å². The van der Waals surface area contributed by atoms with Crippen LogP contribution in [0.1, 0.15) is 29.0 Å². The number of hydrogen-bond acceptors (Lipinski definition) is 2. The molecule has 0 fully saturated rings. The largest absolute Gasteiger partial charge is 0.287 e. The Kier molecular flexibility index (Phi) is 3.67. The summed E-state index contributed by atoms with van der Waals surface area (Å²) >= 11 is 3.75. The molecule has 0 radical (unpaired) electrons. The summed E-state index contributed by atoms with van der Waals surface area (Å²) in [7, 11) is 0. The number of rotatable bonds is 1. The zero-order valence-corrected chi connectivity index (χ0v) is 13.5. The average Bonchev–Trinajstić information content (AvgIpc) is 2.40. The molecule has 96 valence electrons. The summed E-state index contributed by atoms with van der Waals surface area (Å²) in [5.74, 6) is 0.205. The first-order valence-corrected chi connectivity index (χ1v) is 8.10. The van der Waals surface area contributed by atoms with Crippen molar-refractivity contribution in [3.63, 3.8) is 0 Å². The molecule has 1 nitrogen and oxygen atoms in total. The first kappa shape index (κ1) is 13.2. The highest BCUT2D eigenvalue weighted by Gasteiger charge is 2.28. The van der Waals surface area contributed by atoms with Crippen LogP contribution in [-0.2, 0) is 4.79 Å². The minimum Gasteiger partial charge on any atom is -0.287 e. The van der Waals surface area contributed by atoms with Crippen molar-refractivity contribution in [2.24, 2.45) is 0 Å². The molecule has 3 heteroatoms. The van der Waals surface area contributed by atoms with Crippen molar-refractivity contribution in [3.8, 4) is 0 Å². The molecule has 2 aromatic rings. The van der Waals surface area contributed by atoms with Crippen molar-refractivity contribution >= 4 is 39.5 Å². The van der Waals surface area contributed by atoms with Gasteiger partial charge in [0.25, 0.3) is 0 Å². The van der Waals surface area contributed by atoms with E-state index < -0.39 is 0 Å². The Labute approximate surface area is 130 Å². The molecule has 1 atom stereocenters. The van der Waals surface area contributed by atoms with Gasteiger partial charge in [-0.2, -0.15) is 0 Å². The van der Waals surface area contributed by atoms with Crippen molar-refractivity contribution in [1.29, 1.82) is 0 Å².